The van der Waals surface area contributed by atoms with Crippen LogP contribution in [0.25, 0.3) is 0 Å². The van der Waals surface area contributed by atoms with E-state index in [1.807, 2.05) is 0 Å². The Morgan fingerprint density at radius 1 is 1.78 bits per heavy atom. The summed E-state index contributed by atoms with van der Waals surface area (Å²) >= 11 is 5.76. The molecule has 0 aromatic heterocycles. The van der Waals surface area contributed by atoms with Crippen molar-refractivity contribution in [1.29, 1.82) is 0 Å². The fraction of sp³-hybridized carbons (Fsp3) is 0.750. The molecule has 3 nitrogen and oxygen atoms in total. The van der Waals surface area contributed by atoms with Crippen LogP contribution in [0.2, 0.25) is 0 Å². The summed E-state index contributed by atoms with van der Waals surface area (Å²) < 4.78 is 9.32. The Labute approximate surface area is 64.1 Å². The van der Waals surface area contributed by atoms with Gasteiger partial charge in [0, 0.05) is 24.5 Å². The van der Waals surface area contributed by atoms with E-state index in [-0.39, 0.29) is 5.24 Å². The van der Waals surface area contributed by atoms with E-state index in [4.69, 9.17) is 9.92 Å². The van der Waals surface area contributed by atoms with Crippen molar-refractivity contribution >= 4 is 29.5 Å². The molecule has 0 aliphatic carbocycles. The molecule has 0 fully saturated rings. The summed E-state index contributed by atoms with van der Waals surface area (Å²) in [5.41, 5.74) is 5.17. The van der Waals surface area contributed by atoms with Gasteiger partial charge in [-0.15, -0.1) is 0 Å². The van der Waals surface area contributed by atoms with E-state index >= 15 is 0 Å². The lowest BCUT2D eigenvalue weighted by atomic mass is 10.8. The van der Waals surface area contributed by atoms with Crippen molar-refractivity contribution in [3.05, 3.63) is 0 Å². The van der Waals surface area contributed by atoms with Crippen LogP contribution in [0.3, 0.4) is 0 Å². The SMILES string of the molecule is COC(=S)OSCCN. The van der Waals surface area contributed by atoms with Gasteiger partial charge in [0.15, 0.2) is 0 Å². The lowest BCUT2D eigenvalue weighted by Gasteiger charge is -2.00. The first-order valence-electron chi connectivity index (χ1n) is 2.38. The fourth-order valence-corrected chi connectivity index (χ4v) is 0.660. The molecule has 0 heterocycles. The number of methoxy groups -OCH3 is 1. The van der Waals surface area contributed by atoms with Crippen LogP contribution in [0.4, 0.5) is 0 Å². The van der Waals surface area contributed by atoms with Crippen LogP contribution < -0.4 is 5.73 Å². The smallest absolute Gasteiger partial charge is 0.364 e. The second-order valence-electron chi connectivity index (χ2n) is 1.15. The van der Waals surface area contributed by atoms with E-state index in [1.165, 1.54) is 19.2 Å². The van der Waals surface area contributed by atoms with Crippen LogP contribution in [0, 0.1) is 0 Å². The van der Waals surface area contributed by atoms with E-state index in [0.29, 0.717) is 6.54 Å². The molecule has 0 aromatic carbocycles. The van der Waals surface area contributed by atoms with Gasteiger partial charge in [-0.05, 0) is 0 Å². The van der Waals surface area contributed by atoms with Crippen molar-refractivity contribution in [2.24, 2.45) is 5.73 Å². The Balaban J connectivity index is 2.97. The third-order valence-electron chi connectivity index (χ3n) is 0.495. The average molecular weight is 167 g/mol. The molecule has 0 radical (unpaired) electrons. The predicted octanol–water partition coefficient (Wildman–Crippen LogP) is 0.541. The number of ether oxygens (including phenoxy) is 1. The van der Waals surface area contributed by atoms with Gasteiger partial charge in [-0.2, -0.15) is 0 Å². The highest BCUT2D eigenvalue weighted by atomic mass is 32.2. The molecule has 5 heteroatoms. The molecule has 0 aromatic rings. The maximum absolute atomic E-state index is 5.17. The minimum Gasteiger partial charge on any atom is -0.459 e. The molecule has 0 bridgehead atoms. The van der Waals surface area contributed by atoms with E-state index in [0.717, 1.165) is 5.75 Å². The Morgan fingerprint density at radius 2 is 2.44 bits per heavy atom. The molecule has 0 spiro atoms. The lowest BCUT2D eigenvalue weighted by Crippen LogP contribution is -2.04. The van der Waals surface area contributed by atoms with Crippen LogP contribution in [0.5, 0.6) is 0 Å². The maximum atomic E-state index is 5.17. The zero-order chi connectivity index (χ0) is 7.11. The van der Waals surface area contributed by atoms with Crippen molar-refractivity contribution in [3.63, 3.8) is 0 Å². The molecule has 0 aliphatic heterocycles. The Kier molecular flexibility index (Phi) is 6.12. The van der Waals surface area contributed by atoms with Gasteiger partial charge in [0.2, 0.25) is 0 Å². The molecule has 0 aliphatic rings. The third kappa shape index (κ3) is 5.88. The first kappa shape index (κ1) is 9.00. The standard InChI is InChI=1S/C4H9NO2S2/c1-6-4(8)7-9-3-2-5/h2-3,5H2,1H3. The second-order valence-corrected chi connectivity index (χ2v) is 2.29. The highest BCUT2D eigenvalue weighted by molar-refractivity contribution is 7.95. The average Bonchev–Trinajstić information content (AvgIpc) is 1.89. The number of hydrogen-bond donors (Lipinski definition) is 1. The van der Waals surface area contributed by atoms with Crippen LogP contribution >= 0.6 is 24.3 Å². The summed E-state index contributed by atoms with van der Waals surface area (Å²) in [6, 6.07) is 0. The number of thiocarbonyl (C=S) groups is 1. The maximum Gasteiger partial charge on any atom is 0.364 e. The number of hydrogen-bond acceptors (Lipinski definition) is 5. The lowest BCUT2D eigenvalue weighted by molar-refractivity contribution is 0.333. The van der Waals surface area contributed by atoms with Crippen molar-refractivity contribution in [1.82, 2.24) is 0 Å². The first-order valence-corrected chi connectivity index (χ1v) is 3.70. The normalized spacial score (nSPS) is 8.67. The van der Waals surface area contributed by atoms with Crippen molar-refractivity contribution in [3.8, 4) is 0 Å². The summed E-state index contributed by atoms with van der Waals surface area (Å²) in [7, 11) is 1.46. The van der Waals surface area contributed by atoms with E-state index in [2.05, 4.69) is 17.0 Å². The Bertz CT molecular complexity index is 88.6. The van der Waals surface area contributed by atoms with Gasteiger partial charge >= 0.3 is 5.24 Å². The minimum absolute atomic E-state index is 0.147. The molecule has 9 heavy (non-hydrogen) atoms. The first-order chi connectivity index (χ1) is 4.31. The summed E-state index contributed by atoms with van der Waals surface area (Å²) in [5, 5.41) is 0.147. The molecule has 0 amide bonds. The molecule has 2 N–H and O–H groups in total. The Morgan fingerprint density at radius 3 is 2.89 bits per heavy atom. The summed E-state index contributed by atoms with van der Waals surface area (Å²) in [4.78, 5) is 0. The highest BCUT2D eigenvalue weighted by Gasteiger charge is 1.93. The van der Waals surface area contributed by atoms with Crippen molar-refractivity contribution < 1.29 is 8.92 Å². The molecule has 0 rings (SSSR count). The van der Waals surface area contributed by atoms with Gasteiger partial charge in [-0.25, -0.2) is 0 Å². The number of nitrogens with two attached hydrogens (primary N) is 1. The van der Waals surface area contributed by atoms with Crippen LogP contribution in [0.1, 0.15) is 0 Å². The van der Waals surface area contributed by atoms with E-state index in [1.54, 1.807) is 0 Å². The quantitative estimate of drug-likeness (QED) is 0.377. The molecule has 0 atom stereocenters. The minimum atomic E-state index is 0.147. The number of rotatable bonds is 3. The zero-order valence-electron chi connectivity index (χ0n) is 5.12. The largest absolute Gasteiger partial charge is 0.459 e. The molecule has 54 valence electrons. The van der Waals surface area contributed by atoms with Gasteiger partial charge in [0.1, 0.15) is 0 Å². The van der Waals surface area contributed by atoms with Crippen LogP contribution in [-0.2, 0) is 8.92 Å². The zero-order valence-corrected chi connectivity index (χ0v) is 6.76. The van der Waals surface area contributed by atoms with Crippen LogP contribution in [0.15, 0.2) is 0 Å². The van der Waals surface area contributed by atoms with Crippen LogP contribution in [-0.4, -0.2) is 24.6 Å². The highest BCUT2D eigenvalue weighted by Crippen LogP contribution is 2.01. The van der Waals surface area contributed by atoms with Crippen molar-refractivity contribution in [2.45, 2.75) is 0 Å². The molecular weight excluding hydrogens is 158 g/mol. The van der Waals surface area contributed by atoms with Gasteiger partial charge in [0.05, 0.1) is 19.2 Å². The van der Waals surface area contributed by atoms with E-state index < -0.39 is 0 Å². The Hall–Kier alpha value is -0.0000000000000000763. The molecule has 0 saturated heterocycles. The van der Waals surface area contributed by atoms with Crippen molar-refractivity contribution in [2.75, 3.05) is 19.4 Å². The van der Waals surface area contributed by atoms with E-state index in [9.17, 15) is 0 Å². The summed E-state index contributed by atoms with van der Waals surface area (Å²) in [5.74, 6) is 0.726. The second kappa shape index (κ2) is 6.12. The topological polar surface area (TPSA) is 44.5 Å². The van der Waals surface area contributed by atoms with Gasteiger partial charge in [-0.1, -0.05) is 0 Å². The van der Waals surface area contributed by atoms with Gasteiger partial charge < -0.3 is 14.7 Å². The molecule has 0 saturated carbocycles. The monoisotopic (exact) mass is 167 g/mol. The predicted molar refractivity (Wildman–Crippen MR) is 42.2 cm³/mol. The molecular formula is C4H9NO2S2. The van der Waals surface area contributed by atoms with Gasteiger partial charge in [0.25, 0.3) is 0 Å². The summed E-state index contributed by atoms with van der Waals surface area (Å²) in [6.07, 6.45) is 0. The molecule has 0 unspecified atom stereocenters. The summed E-state index contributed by atoms with van der Waals surface area (Å²) in [6.45, 7) is 0.580. The fourth-order valence-electron chi connectivity index (χ4n) is 0.172. The third-order valence-corrected chi connectivity index (χ3v) is 1.52. The van der Waals surface area contributed by atoms with Gasteiger partial charge in [-0.3, -0.25) is 0 Å².